The number of aliphatic hydroxyl groups is 1. The maximum Gasteiger partial charge on any atom is 0.509 e. The molecule has 332 valence electrons. The van der Waals surface area contributed by atoms with Crippen LogP contribution >= 0.6 is 0 Å². The summed E-state index contributed by atoms with van der Waals surface area (Å²) in [5.74, 6) is -6.49. The summed E-state index contributed by atoms with van der Waals surface area (Å²) in [5.41, 5.74) is -3.76. The molecule has 4 aliphatic carbocycles. The van der Waals surface area contributed by atoms with Gasteiger partial charge in [0.1, 0.15) is 11.7 Å². The number of esters is 3. The molecule has 12 atom stereocenters. The quantitative estimate of drug-likeness (QED) is 0.144. The monoisotopic (exact) mass is 865 g/mol. The molecule has 4 fully saturated rings. The molecule has 2 N–H and O–H groups in total. The summed E-state index contributed by atoms with van der Waals surface area (Å²) in [7, 11) is 2.82. The Morgan fingerprint density at radius 1 is 0.857 bits per heavy atom. The Balaban J connectivity index is 1.30. The summed E-state index contributed by atoms with van der Waals surface area (Å²) >= 11 is 0. The molecule has 3 aromatic rings. The average molecular weight is 866 g/mol. The molecule has 3 saturated carbocycles. The van der Waals surface area contributed by atoms with Gasteiger partial charge in [0.2, 0.25) is 5.60 Å². The van der Waals surface area contributed by atoms with E-state index < -0.39 is 107 Å². The SMILES string of the molecule is CO[C@H]1C(=O)C2[C@@H](OC)C[C@H]3CC[C@@]3(OC(C)=O)[C@H]2[C@H](OC(=O)c2ccccc2)[C@]23OC(=O)O[C@H]2[C@H](OC(=O)[C@H](O)[C@@H](NC(=O)c2ccccc2)c2ccccc2)C(C)=C1C3(C)C. The maximum atomic E-state index is 15.5. The van der Waals surface area contributed by atoms with Crippen molar-refractivity contribution in [2.75, 3.05) is 14.2 Å². The van der Waals surface area contributed by atoms with Crippen LogP contribution < -0.4 is 5.32 Å². The van der Waals surface area contributed by atoms with Gasteiger partial charge in [0, 0.05) is 38.0 Å². The molecule has 3 aromatic carbocycles. The minimum atomic E-state index is -2.12. The highest BCUT2D eigenvalue weighted by Gasteiger charge is 2.80. The summed E-state index contributed by atoms with van der Waals surface area (Å²) < 4.78 is 43.9. The van der Waals surface area contributed by atoms with Crippen LogP contribution in [-0.4, -0.2) is 103 Å². The van der Waals surface area contributed by atoms with Crippen LogP contribution in [0.1, 0.15) is 79.3 Å². The van der Waals surface area contributed by atoms with E-state index in [0.29, 0.717) is 18.4 Å². The normalized spacial score (nSPS) is 32.3. The van der Waals surface area contributed by atoms with Gasteiger partial charge in [0.25, 0.3) is 5.91 Å². The highest BCUT2D eigenvalue weighted by atomic mass is 16.8. The second-order valence-corrected chi connectivity index (χ2v) is 17.5. The molecule has 1 saturated heterocycles. The summed E-state index contributed by atoms with van der Waals surface area (Å²) in [6.45, 7) is 6.27. The van der Waals surface area contributed by atoms with Gasteiger partial charge in [-0.1, -0.05) is 80.6 Å². The van der Waals surface area contributed by atoms with E-state index in [2.05, 4.69) is 5.32 Å². The minimum absolute atomic E-state index is 0.136. The van der Waals surface area contributed by atoms with Crippen molar-refractivity contribution in [3.8, 4) is 0 Å². The molecular formula is C48H51NO14. The van der Waals surface area contributed by atoms with Crippen LogP contribution in [0.3, 0.4) is 0 Å². The third-order valence-electron chi connectivity index (χ3n) is 14.1. The first-order chi connectivity index (χ1) is 30.1. The molecule has 1 heterocycles. The van der Waals surface area contributed by atoms with Crippen molar-refractivity contribution in [3.05, 3.63) is 119 Å². The number of Topliss-reactive ketones (excluding diaryl/α,β-unsaturated/α-hetero) is 1. The van der Waals surface area contributed by atoms with E-state index in [-0.39, 0.29) is 34.6 Å². The lowest BCUT2D eigenvalue weighted by Crippen LogP contribution is -2.78. The number of amides is 1. The van der Waals surface area contributed by atoms with Gasteiger partial charge in [0.15, 0.2) is 30.2 Å². The molecular weight excluding hydrogens is 815 g/mol. The average Bonchev–Trinajstić information content (AvgIpc) is 3.64. The fourth-order valence-electron chi connectivity index (χ4n) is 11.3. The fraction of sp³-hybridized carbons (Fsp3) is 0.458. The molecule has 1 aliphatic heterocycles. The van der Waals surface area contributed by atoms with E-state index in [1.807, 2.05) is 0 Å². The summed E-state index contributed by atoms with van der Waals surface area (Å²) in [5, 5.41) is 14.7. The van der Waals surface area contributed by atoms with E-state index >= 15 is 4.79 Å². The number of hydrogen-bond acceptors (Lipinski definition) is 14. The van der Waals surface area contributed by atoms with Gasteiger partial charge < -0.3 is 43.6 Å². The molecule has 15 nitrogen and oxygen atoms in total. The number of carbonyl (C=O) groups is 6. The lowest BCUT2D eigenvalue weighted by molar-refractivity contribution is -0.280. The molecule has 0 aromatic heterocycles. The second-order valence-electron chi connectivity index (χ2n) is 17.5. The van der Waals surface area contributed by atoms with E-state index in [1.54, 1.807) is 112 Å². The number of ketones is 1. The molecule has 8 rings (SSSR count). The Labute approximate surface area is 364 Å². The lowest BCUT2D eigenvalue weighted by atomic mass is 9.44. The Morgan fingerprint density at radius 3 is 2.05 bits per heavy atom. The van der Waals surface area contributed by atoms with Crippen molar-refractivity contribution in [1.29, 1.82) is 0 Å². The van der Waals surface area contributed by atoms with E-state index in [4.69, 9.17) is 33.2 Å². The molecule has 63 heavy (non-hydrogen) atoms. The van der Waals surface area contributed by atoms with Crippen molar-refractivity contribution >= 4 is 35.8 Å². The van der Waals surface area contributed by atoms with Crippen molar-refractivity contribution in [2.45, 2.75) is 101 Å². The maximum absolute atomic E-state index is 15.5. The van der Waals surface area contributed by atoms with Gasteiger partial charge >= 0.3 is 24.1 Å². The zero-order chi connectivity index (χ0) is 45.0. The van der Waals surface area contributed by atoms with Crippen molar-refractivity contribution < 1.29 is 67.0 Å². The Morgan fingerprint density at radius 2 is 1.48 bits per heavy atom. The van der Waals surface area contributed by atoms with Gasteiger partial charge in [0.05, 0.1) is 29.5 Å². The lowest BCUT2D eigenvalue weighted by Gasteiger charge is -2.65. The zero-order valence-corrected chi connectivity index (χ0v) is 35.8. The molecule has 2 bridgehead atoms. The zero-order valence-electron chi connectivity index (χ0n) is 35.8. The first-order valence-electron chi connectivity index (χ1n) is 21.1. The molecule has 1 amide bonds. The third kappa shape index (κ3) is 7.00. The number of aliphatic hydroxyl groups excluding tert-OH is 1. The van der Waals surface area contributed by atoms with Gasteiger partial charge in [-0.25, -0.2) is 14.4 Å². The number of benzene rings is 3. The standard InChI is InChI=1S/C48H51NO14/c1-25-33-39(58-6)36(51)32-31(57-5)24-30-22-23-47(30,62-26(2)50)34(32)40(60-43(54)29-20-14-9-15-21-29)48(46(33,3)4)41(61-45(56)63-48)38(25)59-44(55)37(52)35(27-16-10-7-11-17-27)49-42(53)28-18-12-8-13-19-28/h7-21,30-32,34-35,37-41,52H,22-24H2,1-6H3,(H,49,53)/t30-,31+,32?,34-,35+,37-,38-,39-,40+,41+,47+,48+/m1/s1. The minimum Gasteiger partial charge on any atom is -0.458 e. The first kappa shape index (κ1) is 43.7. The number of rotatable bonds is 11. The van der Waals surface area contributed by atoms with Crippen LogP contribution in [0, 0.1) is 23.2 Å². The Bertz CT molecular complexity index is 2320. The van der Waals surface area contributed by atoms with Crippen LogP contribution in [0.2, 0.25) is 0 Å². The summed E-state index contributed by atoms with van der Waals surface area (Å²) in [6.07, 6.45) is -9.02. The number of nitrogens with one attached hydrogen (secondary N) is 1. The predicted molar refractivity (Wildman–Crippen MR) is 221 cm³/mol. The Kier molecular flexibility index (Phi) is 11.6. The second kappa shape index (κ2) is 16.7. The van der Waals surface area contributed by atoms with Crippen LogP contribution in [0.5, 0.6) is 0 Å². The van der Waals surface area contributed by atoms with Crippen molar-refractivity contribution in [3.63, 3.8) is 0 Å². The number of hydrogen-bond donors (Lipinski definition) is 2. The van der Waals surface area contributed by atoms with Crippen molar-refractivity contribution in [1.82, 2.24) is 5.32 Å². The largest absolute Gasteiger partial charge is 0.509 e. The topological polar surface area (TPSA) is 199 Å². The van der Waals surface area contributed by atoms with Gasteiger partial charge in [-0.05, 0) is 67.2 Å². The first-order valence-corrected chi connectivity index (χ1v) is 21.1. The number of ether oxygens (including phenoxy) is 7. The van der Waals surface area contributed by atoms with Crippen LogP contribution in [0.25, 0.3) is 0 Å². The predicted octanol–water partition coefficient (Wildman–Crippen LogP) is 5.25. The molecule has 5 aliphatic rings. The molecule has 15 heteroatoms. The number of carbonyl (C=O) groups excluding carboxylic acids is 6. The third-order valence-corrected chi connectivity index (χ3v) is 14.1. The van der Waals surface area contributed by atoms with Crippen LogP contribution in [0.15, 0.2) is 102 Å². The summed E-state index contributed by atoms with van der Waals surface area (Å²) in [4.78, 5) is 85.2. The van der Waals surface area contributed by atoms with E-state index in [1.165, 1.54) is 21.1 Å². The van der Waals surface area contributed by atoms with E-state index in [0.717, 1.165) is 0 Å². The van der Waals surface area contributed by atoms with Crippen molar-refractivity contribution in [2.24, 2.45) is 23.2 Å². The fourth-order valence-corrected chi connectivity index (χ4v) is 11.3. The smallest absolute Gasteiger partial charge is 0.458 e. The van der Waals surface area contributed by atoms with E-state index in [9.17, 15) is 29.1 Å². The van der Waals surface area contributed by atoms with Gasteiger partial charge in [-0.15, -0.1) is 0 Å². The Hall–Kier alpha value is -5.90. The number of methoxy groups -OCH3 is 2. The molecule has 0 radical (unpaired) electrons. The van der Waals surface area contributed by atoms with Gasteiger partial charge in [-0.2, -0.15) is 0 Å². The van der Waals surface area contributed by atoms with Crippen LogP contribution in [0.4, 0.5) is 4.79 Å². The number of fused-ring (bicyclic) bond motifs is 4. The highest BCUT2D eigenvalue weighted by Crippen LogP contribution is 2.66. The van der Waals surface area contributed by atoms with Gasteiger partial charge in [-0.3, -0.25) is 14.4 Å². The molecule has 1 spiro atoms. The summed E-state index contributed by atoms with van der Waals surface area (Å²) in [6, 6.07) is 23.4. The van der Waals surface area contributed by atoms with Crippen LogP contribution in [-0.2, 0) is 47.5 Å². The highest BCUT2D eigenvalue weighted by molar-refractivity contribution is 5.95. The molecule has 1 unspecified atom stereocenters.